The van der Waals surface area contributed by atoms with Gasteiger partial charge < -0.3 is 42.7 Å². The van der Waals surface area contributed by atoms with Crippen LogP contribution in [0.2, 0.25) is 0 Å². The molecular formula is C45H58O11. The Hall–Kier alpha value is -3.77. The Labute approximate surface area is 330 Å². The molecule has 0 unspecified atom stereocenters. The van der Waals surface area contributed by atoms with Crippen molar-refractivity contribution in [2.45, 2.75) is 97.6 Å². The van der Waals surface area contributed by atoms with Crippen LogP contribution in [0.25, 0.3) is 0 Å². The van der Waals surface area contributed by atoms with Crippen LogP contribution in [0.1, 0.15) is 76.2 Å². The topological polar surface area (TPSA) is 125 Å². The summed E-state index contributed by atoms with van der Waals surface area (Å²) in [5.74, 6) is 1.09. The van der Waals surface area contributed by atoms with Crippen LogP contribution in [0, 0.1) is 45.8 Å². The van der Waals surface area contributed by atoms with Crippen LogP contribution in [-0.2, 0) is 44.6 Å². The van der Waals surface area contributed by atoms with E-state index in [1.54, 1.807) is 45.6 Å². The molecule has 11 nitrogen and oxygen atoms in total. The Bertz CT molecular complexity index is 1770. The van der Waals surface area contributed by atoms with Crippen LogP contribution < -0.4 is 9.47 Å². The lowest BCUT2D eigenvalue weighted by Gasteiger charge is -2.59. The summed E-state index contributed by atoms with van der Waals surface area (Å²) in [6.07, 6.45) is 2.44. The number of carbonyl (C=O) groups is 3. The highest BCUT2D eigenvalue weighted by atomic mass is 16.7. The molecule has 1 saturated heterocycles. The molecular weight excluding hydrogens is 716 g/mol. The van der Waals surface area contributed by atoms with E-state index in [1.807, 2.05) is 38.1 Å². The van der Waals surface area contributed by atoms with Crippen LogP contribution >= 0.6 is 0 Å². The number of benzene rings is 2. The normalized spacial score (nSPS) is 36.8. The maximum Gasteiger partial charge on any atom is 0.338 e. The maximum absolute atomic E-state index is 14.9. The molecule has 0 aromatic heterocycles. The fourth-order valence-electron chi connectivity index (χ4n) is 11.7. The molecule has 4 bridgehead atoms. The number of carbonyl (C=O) groups excluding carboxylic acids is 3. The van der Waals surface area contributed by atoms with E-state index in [1.165, 1.54) is 0 Å². The molecule has 5 aliphatic rings. The Morgan fingerprint density at radius 2 is 1.57 bits per heavy atom. The molecule has 0 spiro atoms. The van der Waals surface area contributed by atoms with E-state index >= 15 is 0 Å². The minimum absolute atomic E-state index is 0.00882. The molecule has 2 aromatic carbocycles. The van der Waals surface area contributed by atoms with Gasteiger partial charge in [-0.2, -0.15) is 0 Å². The zero-order valence-electron chi connectivity index (χ0n) is 34.0. The van der Waals surface area contributed by atoms with Crippen molar-refractivity contribution in [2.24, 2.45) is 45.8 Å². The van der Waals surface area contributed by atoms with Gasteiger partial charge in [0.25, 0.3) is 0 Å². The molecule has 7 rings (SSSR count). The maximum atomic E-state index is 14.9. The molecule has 3 saturated carbocycles. The van der Waals surface area contributed by atoms with Crippen molar-refractivity contribution < 1.29 is 52.3 Å². The predicted octanol–water partition coefficient (Wildman–Crippen LogP) is 6.99. The zero-order valence-corrected chi connectivity index (χ0v) is 34.0. The average molecular weight is 775 g/mol. The monoisotopic (exact) mass is 774 g/mol. The van der Waals surface area contributed by atoms with Crippen LogP contribution in [-0.4, -0.2) is 83.5 Å². The molecule has 0 N–H and O–H groups in total. The molecule has 4 fully saturated rings. The lowest BCUT2D eigenvalue weighted by atomic mass is 9.43. The molecule has 0 amide bonds. The minimum Gasteiger partial charge on any atom is -0.497 e. The molecule has 4 aliphatic carbocycles. The summed E-state index contributed by atoms with van der Waals surface area (Å²) in [4.78, 5) is 42.5. The quantitative estimate of drug-likeness (QED) is 0.106. The molecule has 12 atom stereocenters. The van der Waals surface area contributed by atoms with Gasteiger partial charge in [0.2, 0.25) is 0 Å². The number of fused-ring (bicyclic) bond motifs is 2. The third kappa shape index (κ3) is 6.19. The van der Waals surface area contributed by atoms with E-state index in [9.17, 15) is 14.4 Å². The van der Waals surface area contributed by atoms with Gasteiger partial charge in [-0.3, -0.25) is 4.79 Å². The van der Waals surface area contributed by atoms with Crippen LogP contribution in [0.5, 0.6) is 11.5 Å². The highest BCUT2D eigenvalue weighted by Gasteiger charge is 2.84. The second kappa shape index (κ2) is 15.9. The summed E-state index contributed by atoms with van der Waals surface area (Å²) in [5, 5.41) is 0. The van der Waals surface area contributed by atoms with Crippen LogP contribution in [0.15, 0.2) is 60.2 Å². The number of hydrogen-bond acceptors (Lipinski definition) is 11. The first-order chi connectivity index (χ1) is 26.9. The lowest BCUT2D eigenvalue weighted by Crippen LogP contribution is -2.65. The SMILES string of the molecule is CCOC(=O)[C@@]12C(C(C)C)=C[C@H]3C[C@]1(C=O)[C@@H]1CC[C@@H](C)[C@H]1C[C@]32CO[C@@H]1O[C@H](C)[C@@H](OC)[C@@H](OC(=O)c2ccc(OC)cc2)[C@@H]1OCc1ccc(OC)cc1. The first kappa shape index (κ1) is 40.4. The second-order valence-corrected chi connectivity index (χ2v) is 16.8. The Morgan fingerprint density at radius 1 is 0.893 bits per heavy atom. The third-order valence-electron chi connectivity index (χ3n) is 14.1. The summed E-state index contributed by atoms with van der Waals surface area (Å²) < 4.78 is 49.3. The van der Waals surface area contributed by atoms with Gasteiger partial charge in [-0.1, -0.05) is 51.0 Å². The molecule has 11 heteroatoms. The summed E-state index contributed by atoms with van der Waals surface area (Å²) >= 11 is 0. The van der Waals surface area contributed by atoms with Crippen molar-refractivity contribution in [3.8, 4) is 11.5 Å². The number of aldehydes is 1. The Kier molecular flexibility index (Phi) is 11.5. The summed E-state index contributed by atoms with van der Waals surface area (Å²) in [6.45, 7) is 10.6. The molecule has 56 heavy (non-hydrogen) atoms. The largest absolute Gasteiger partial charge is 0.497 e. The van der Waals surface area contributed by atoms with Gasteiger partial charge in [-0.25, -0.2) is 4.79 Å². The number of hydrogen-bond donors (Lipinski definition) is 0. The van der Waals surface area contributed by atoms with E-state index in [2.05, 4.69) is 26.8 Å². The fourth-order valence-corrected chi connectivity index (χ4v) is 11.7. The molecule has 304 valence electrons. The van der Waals surface area contributed by atoms with Gasteiger partial charge in [-0.05, 0) is 105 Å². The highest BCUT2D eigenvalue weighted by molar-refractivity contribution is 5.92. The molecule has 1 heterocycles. The number of ether oxygens (including phenoxy) is 8. The minimum atomic E-state index is -1.18. The lowest BCUT2D eigenvalue weighted by molar-refractivity contribution is -0.316. The summed E-state index contributed by atoms with van der Waals surface area (Å²) in [7, 11) is 4.73. The number of methoxy groups -OCH3 is 3. The smallest absolute Gasteiger partial charge is 0.338 e. The predicted molar refractivity (Wildman–Crippen MR) is 206 cm³/mol. The van der Waals surface area contributed by atoms with Crippen LogP contribution in [0.3, 0.4) is 0 Å². The average Bonchev–Trinajstić information content (AvgIpc) is 3.77. The first-order valence-electron chi connectivity index (χ1n) is 20.2. The van der Waals surface area contributed by atoms with E-state index in [0.717, 1.165) is 36.7 Å². The zero-order chi connectivity index (χ0) is 40.0. The van der Waals surface area contributed by atoms with Crippen molar-refractivity contribution >= 4 is 18.2 Å². The molecule has 1 aliphatic heterocycles. The van der Waals surface area contributed by atoms with Crippen molar-refractivity contribution in [2.75, 3.05) is 34.5 Å². The third-order valence-corrected chi connectivity index (χ3v) is 14.1. The van der Waals surface area contributed by atoms with E-state index in [0.29, 0.717) is 29.4 Å². The van der Waals surface area contributed by atoms with E-state index < -0.39 is 52.9 Å². The fraction of sp³-hybridized carbons (Fsp3) is 0.622. The highest BCUT2D eigenvalue weighted by Crippen LogP contribution is 2.83. The van der Waals surface area contributed by atoms with Gasteiger partial charge in [0, 0.05) is 12.5 Å². The van der Waals surface area contributed by atoms with E-state index in [-0.39, 0.29) is 49.5 Å². The Balaban J connectivity index is 1.27. The van der Waals surface area contributed by atoms with Crippen molar-refractivity contribution in [1.82, 2.24) is 0 Å². The van der Waals surface area contributed by atoms with Gasteiger partial charge in [0.1, 0.15) is 35.4 Å². The number of rotatable bonds is 15. The molecule has 0 radical (unpaired) electrons. The molecule has 2 aromatic rings. The summed E-state index contributed by atoms with van der Waals surface area (Å²) in [6, 6.07) is 14.2. The second-order valence-electron chi connectivity index (χ2n) is 16.8. The summed E-state index contributed by atoms with van der Waals surface area (Å²) in [5.41, 5.74) is -0.670. The van der Waals surface area contributed by atoms with E-state index in [4.69, 9.17) is 37.9 Å². The van der Waals surface area contributed by atoms with Crippen molar-refractivity contribution in [3.05, 3.63) is 71.3 Å². The number of allylic oxidation sites excluding steroid dienone is 1. The standard InChI is InChI=1S/C45H58O11/c1-9-52-42(48)45-36(26(2)3)20-31-21-43(45,24-46)35-19-10-27(4)34(35)22-44(31,45)25-54-41-39(53-23-29-11-15-32(49-6)16-12-29)38(37(51-8)28(5)55-41)56-40(47)30-13-17-33(50-7)18-14-30/h11-18,20,24,26-28,31,34-35,37-39,41H,9-10,19,21-23,25H2,1-8H3/t27-,28-,31+,34-,35-,37-,38-,39+,41-,43+,44+,45+/m1/s1. The Morgan fingerprint density at radius 3 is 2.18 bits per heavy atom. The van der Waals surface area contributed by atoms with Crippen molar-refractivity contribution in [1.29, 1.82) is 0 Å². The van der Waals surface area contributed by atoms with Gasteiger partial charge in [-0.15, -0.1) is 0 Å². The van der Waals surface area contributed by atoms with Gasteiger partial charge in [0.05, 0.1) is 51.1 Å². The van der Waals surface area contributed by atoms with Gasteiger partial charge in [0.15, 0.2) is 12.4 Å². The van der Waals surface area contributed by atoms with Crippen LogP contribution in [0.4, 0.5) is 0 Å². The first-order valence-corrected chi connectivity index (χ1v) is 20.2. The number of esters is 2. The van der Waals surface area contributed by atoms with Gasteiger partial charge >= 0.3 is 11.9 Å². The van der Waals surface area contributed by atoms with Crippen molar-refractivity contribution in [3.63, 3.8) is 0 Å².